The number of nitrogens with one attached hydrogen (secondary N) is 2. The molecule has 9 heteroatoms. The fourth-order valence-corrected chi connectivity index (χ4v) is 5.10. The van der Waals surface area contributed by atoms with E-state index in [0.717, 1.165) is 0 Å². The fourth-order valence-electron chi connectivity index (χ4n) is 3.03. The smallest absolute Gasteiger partial charge is 0.255 e. The zero-order valence-corrected chi connectivity index (χ0v) is 19.3. The van der Waals surface area contributed by atoms with E-state index in [-0.39, 0.29) is 16.4 Å². The summed E-state index contributed by atoms with van der Waals surface area (Å²) in [5.74, 6) is -0.657. The van der Waals surface area contributed by atoms with Crippen molar-refractivity contribution < 1.29 is 21.6 Å². The summed E-state index contributed by atoms with van der Waals surface area (Å²) < 4.78 is 51.3. The van der Waals surface area contributed by atoms with Crippen LogP contribution >= 0.6 is 0 Å². The zero-order valence-electron chi connectivity index (χ0n) is 17.7. The number of rotatable bonds is 8. The molecule has 0 aliphatic rings. The Bertz CT molecular complexity index is 1340. The van der Waals surface area contributed by atoms with Crippen LogP contribution in [-0.4, -0.2) is 28.5 Å². The van der Waals surface area contributed by atoms with E-state index in [1.807, 2.05) is 0 Å². The van der Waals surface area contributed by atoms with Gasteiger partial charge in [-0.05, 0) is 67.4 Å². The first kappa shape index (κ1) is 23.5. The first-order chi connectivity index (χ1) is 15.1. The van der Waals surface area contributed by atoms with Gasteiger partial charge in [0.25, 0.3) is 5.91 Å². The molecule has 0 saturated carbocycles. The van der Waals surface area contributed by atoms with Crippen LogP contribution in [0.4, 0.5) is 11.4 Å². The highest BCUT2D eigenvalue weighted by atomic mass is 32.2. The number of amides is 1. The lowest BCUT2D eigenvalue weighted by Crippen LogP contribution is -2.16. The summed E-state index contributed by atoms with van der Waals surface area (Å²) in [6.07, 6.45) is 0. The van der Waals surface area contributed by atoms with Gasteiger partial charge in [0.1, 0.15) is 0 Å². The second-order valence-corrected chi connectivity index (χ2v) is 11.3. The van der Waals surface area contributed by atoms with Crippen LogP contribution in [0.3, 0.4) is 0 Å². The first-order valence-electron chi connectivity index (χ1n) is 9.89. The zero-order chi connectivity index (χ0) is 23.4. The molecule has 3 aromatic carbocycles. The van der Waals surface area contributed by atoms with Gasteiger partial charge in [0, 0.05) is 11.3 Å². The van der Waals surface area contributed by atoms with Crippen LogP contribution in [0.25, 0.3) is 0 Å². The maximum Gasteiger partial charge on any atom is 0.255 e. The van der Waals surface area contributed by atoms with E-state index in [4.69, 9.17) is 0 Å². The maximum atomic E-state index is 12.7. The molecule has 0 atom stereocenters. The number of carbonyl (C=O) groups excluding carboxylic acids is 1. The van der Waals surface area contributed by atoms with E-state index in [1.165, 1.54) is 0 Å². The number of hydrogen-bond acceptors (Lipinski definition) is 5. The van der Waals surface area contributed by atoms with Crippen molar-refractivity contribution in [2.24, 2.45) is 0 Å². The van der Waals surface area contributed by atoms with Crippen LogP contribution in [0.5, 0.6) is 0 Å². The van der Waals surface area contributed by atoms with E-state index in [1.54, 1.807) is 86.6 Å². The summed E-state index contributed by atoms with van der Waals surface area (Å²) in [7, 11) is -6.93. The number of sulfonamides is 1. The highest BCUT2D eigenvalue weighted by Gasteiger charge is 2.16. The molecule has 0 aliphatic carbocycles. The van der Waals surface area contributed by atoms with E-state index >= 15 is 0 Å². The van der Waals surface area contributed by atoms with Gasteiger partial charge >= 0.3 is 0 Å². The molecule has 3 rings (SSSR count). The molecular weight excluding hydrogens is 448 g/mol. The summed E-state index contributed by atoms with van der Waals surface area (Å²) in [5, 5.41) is 2.76. The molecule has 0 unspecified atom stereocenters. The van der Waals surface area contributed by atoms with Gasteiger partial charge in [0.2, 0.25) is 10.0 Å². The van der Waals surface area contributed by atoms with Crippen molar-refractivity contribution in [3.8, 4) is 0 Å². The average Bonchev–Trinajstić information content (AvgIpc) is 2.76. The van der Waals surface area contributed by atoms with Crippen LogP contribution in [0, 0.1) is 6.92 Å². The van der Waals surface area contributed by atoms with Crippen LogP contribution in [0.2, 0.25) is 0 Å². The molecule has 32 heavy (non-hydrogen) atoms. The van der Waals surface area contributed by atoms with Crippen molar-refractivity contribution in [2.75, 3.05) is 15.8 Å². The summed E-state index contributed by atoms with van der Waals surface area (Å²) >= 11 is 0. The van der Waals surface area contributed by atoms with Crippen molar-refractivity contribution in [1.82, 2.24) is 0 Å². The van der Waals surface area contributed by atoms with Gasteiger partial charge in [0.15, 0.2) is 9.84 Å². The molecule has 0 fully saturated rings. The maximum absolute atomic E-state index is 12.7. The largest absolute Gasteiger partial charge is 0.322 e. The Morgan fingerprint density at radius 1 is 0.875 bits per heavy atom. The number of hydrogen-bond donors (Lipinski definition) is 2. The fraction of sp³-hybridized carbons (Fsp3) is 0.174. The van der Waals surface area contributed by atoms with Gasteiger partial charge in [-0.25, -0.2) is 16.8 Å². The molecule has 168 valence electrons. The summed E-state index contributed by atoms with van der Waals surface area (Å²) in [4.78, 5) is 12.9. The molecule has 0 aromatic heterocycles. The summed E-state index contributed by atoms with van der Waals surface area (Å²) in [6.45, 7) is 3.28. The number of aryl methyl sites for hydroxylation is 1. The van der Waals surface area contributed by atoms with Gasteiger partial charge in [-0.15, -0.1) is 0 Å². The molecule has 3 aromatic rings. The lowest BCUT2D eigenvalue weighted by molar-refractivity contribution is 0.102. The minimum Gasteiger partial charge on any atom is -0.322 e. The second-order valence-electron chi connectivity index (χ2n) is 7.26. The molecule has 7 nitrogen and oxygen atoms in total. The summed E-state index contributed by atoms with van der Waals surface area (Å²) in [5.41, 5.74) is 2.41. The average molecular weight is 473 g/mol. The van der Waals surface area contributed by atoms with E-state index in [2.05, 4.69) is 10.0 Å². The Morgan fingerprint density at radius 3 is 2.25 bits per heavy atom. The summed E-state index contributed by atoms with van der Waals surface area (Å²) in [6, 6.07) is 19.5. The van der Waals surface area contributed by atoms with Gasteiger partial charge in [0.05, 0.1) is 22.1 Å². The van der Waals surface area contributed by atoms with Gasteiger partial charge in [-0.2, -0.15) is 0 Å². The van der Waals surface area contributed by atoms with E-state index < -0.39 is 25.8 Å². The predicted molar refractivity (Wildman–Crippen MR) is 126 cm³/mol. The van der Waals surface area contributed by atoms with Crippen molar-refractivity contribution in [3.63, 3.8) is 0 Å². The van der Waals surface area contributed by atoms with Crippen LogP contribution in [0.15, 0.2) is 77.7 Å². The second kappa shape index (κ2) is 9.54. The molecule has 1 amide bonds. The Morgan fingerprint density at radius 2 is 1.59 bits per heavy atom. The first-order valence-corrected chi connectivity index (χ1v) is 13.2. The predicted octanol–water partition coefficient (Wildman–Crippen LogP) is 3.98. The van der Waals surface area contributed by atoms with Gasteiger partial charge in [-0.3, -0.25) is 9.52 Å². The van der Waals surface area contributed by atoms with E-state index in [9.17, 15) is 21.6 Å². The molecule has 0 bridgehead atoms. The van der Waals surface area contributed by atoms with Crippen LogP contribution < -0.4 is 10.0 Å². The Balaban J connectivity index is 1.74. The third-order valence-electron chi connectivity index (χ3n) is 4.78. The molecular formula is C23H24N2O5S2. The highest BCUT2D eigenvalue weighted by molar-refractivity contribution is 7.92. The molecule has 2 N–H and O–H groups in total. The quantitative estimate of drug-likeness (QED) is 0.515. The third-order valence-corrected chi connectivity index (χ3v) is 7.77. The number of carbonyl (C=O) groups is 1. The molecule has 0 aliphatic heterocycles. The number of anilines is 2. The van der Waals surface area contributed by atoms with Crippen molar-refractivity contribution in [1.29, 1.82) is 0 Å². The molecule has 0 radical (unpaired) electrons. The Labute approximate surface area is 188 Å². The minimum absolute atomic E-state index is 0.0404. The van der Waals surface area contributed by atoms with Crippen molar-refractivity contribution in [2.45, 2.75) is 24.5 Å². The third kappa shape index (κ3) is 5.95. The van der Waals surface area contributed by atoms with Crippen LogP contribution in [-0.2, 0) is 25.6 Å². The normalized spacial score (nSPS) is 11.7. The SMILES string of the molecule is CCS(=O)(=O)Nc1ccc(NC(=O)c2cccc(CS(=O)(=O)c3ccccc3)c2)cc1C. The van der Waals surface area contributed by atoms with Gasteiger partial charge in [-0.1, -0.05) is 30.3 Å². The monoisotopic (exact) mass is 472 g/mol. The molecule has 0 saturated heterocycles. The Kier molecular flexibility index (Phi) is 7.00. The number of benzene rings is 3. The molecule has 0 heterocycles. The lowest BCUT2D eigenvalue weighted by Gasteiger charge is -2.12. The lowest BCUT2D eigenvalue weighted by atomic mass is 10.1. The van der Waals surface area contributed by atoms with Crippen LogP contribution in [0.1, 0.15) is 28.4 Å². The van der Waals surface area contributed by atoms with E-state index in [0.29, 0.717) is 28.1 Å². The topological polar surface area (TPSA) is 109 Å². The number of sulfone groups is 1. The van der Waals surface area contributed by atoms with Gasteiger partial charge < -0.3 is 5.32 Å². The highest BCUT2D eigenvalue weighted by Crippen LogP contribution is 2.22. The Hall–Kier alpha value is -3.17. The minimum atomic E-state index is -3.53. The van der Waals surface area contributed by atoms with Crippen molar-refractivity contribution in [3.05, 3.63) is 89.5 Å². The molecule has 0 spiro atoms. The van der Waals surface area contributed by atoms with Crippen molar-refractivity contribution >= 4 is 37.1 Å². The standard InChI is InChI=1S/C23H24N2O5S2/c1-3-32(29,30)25-22-13-12-20(14-17(22)2)24-23(26)19-9-7-8-18(15-19)16-31(27,28)21-10-5-4-6-11-21/h4-15,25H,3,16H2,1-2H3,(H,24,26).